The van der Waals surface area contributed by atoms with Crippen LogP contribution in [0.2, 0.25) is 0 Å². The van der Waals surface area contributed by atoms with Gasteiger partial charge < -0.3 is 9.97 Å². The van der Waals surface area contributed by atoms with Crippen molar-refractivity contribution in [1.29, 1.82) is 0 Å². The van der Waals surface area contributed by atoms with E-state index in [0.29, 0.717) is 44.6 Å². The summed E-state index contributed by atoms with van der Waals surface area (Å²) in [7, 11) is 0. The van der Waals surface area contributed by atoms with Gasteiger partial charge in [0.25, 0.3) is 0 Å². The van der Waals surface area contributed by atoms with E-state index in [1.165, 1.54) is 18.2 Å². The van der Waals surface area contributed by atoms with Gasteiger partial charge in [-0.05, 0) is 62.7 Å². The molecule has 0 amide bonds. The minimum absolute atomic E-state index is 0. The van der Waals surface area contributed by atoms with Gasteiger partial charge in [0.2, 0.25) is 0 Å². The number of allylic oxidation sites excluding steroid dienone is 1. The number of benzene rings is 4. The molecule has 7 aromatic rings. The van der Waals surface area contributed by atoms with Crippen LogP contribution < -0.4 is 9.97 Å². The van der Waals surface area contributed by atoms with Crippen molar-refractivity contribution in [1.82, 2.24) is 19.9 Å². The van der Waals surface area contributed by atoms with E-state index in [9.17, 15) is 0 Å². The van der Waals surface area contributed by atoms with Crippen molar-refractivity contribution < 1.29 is 45.8 Å². The van der Waals surface area contributed by atoms with Crippen molar-refractivity contribution in [2.75, 3.05) is 0 Å². The van der Waals surface area contributed by atoms with Crippen molar-refractivity contribution in [3.05, 3.63) is 168 Å². The predicted octanol–water partition coefficient (Wildman–Crippen LogP) is 12.3. The molecule has 3 aliphatic rings. The van der Waals surface area contributed by atoms with E-state index in [0.717, 1.165) is 29.3 Å². The Kier molecular flexibility index (Phi) is 8.78. The van der Waals surface area contributed by atoms with Crippen molar-refractivity contribution >= 4 is 45.9 Å². The molecule has 5 heterocycles. The van der Waals surface area contributed by atoms with Gasteiger partial charge in [0.05, 0.1) is 28.3 Å². The van der Waals surface area contributed by atoms with Crippen molar-refractivity contribution in [3.8, 4) is 44.5 Å². The Morgan fingerprint density at radius 3 is 1.31 bits per heavy atom. The van der Waals surface area contributed by atoms with Crippen LogP contribution in [0.1, 0.15) is 28.3 Å². The average molecular weight is 826 g/mol. The fraction of sp³-hybridized carbons (Fsp3) is 0.0638. The van der Waals surface area contributed by atoms with E-state index in [1.807, 2.05) is 72.8 Å². The molecule has 8 bridgehead atoms. The van der Waals surface area contributed by atoms with Crippen molar-refractivity contribution in [2.24, 2.45) is 0 Å². The molecule has 4 nitrogen and oxygen atoms in total. The molecule has 0 spiro atoms. The normalized spacial score (nSPS) is 15.7. The van der Waals surface area contributed by atoms with Crippen LogP contribution in [-0.4, -0.2) is 21.8 Å². The fourth-order valence-electron chi connectivity index (χ4n) is 7.89. The summed E-state index contributed by atoms with van der Waals surface area (Å²) in [6, 6.07) is 38.6. The number of fused-ring (bicyclic) bond motifs is 10. The van der Waals surface area contributed by atoms with Crippen LogP contribution in [0.15, 0.2) is 140 Å². The number of alkyl halides is 6. The van der Waals surface area contributed by atoms with Gasteiger partial charge in [-0.25, -0.2) is 9.97 Å². The standard InChI is InChI=1S/C47H26F6N4.Zn/c48-45(49)31-19-11-10-18-30(31)43-38-25-24-36(56-38)41(28-14-6-2-7-15-28)34-21-20-33(54-34)40(27-12-4-1-5-13-27)35-22-23-37(55-35)42(29-16-8-3-9-17-29)39-26-32(44(43)57-39)46(50,51)47(45,52)53;/h1-26H;/q-2;+2. The quantitative estimate of drug-likeness (QED) is 0.132. The molecule has 4 aromatic carbocycles. The van der Waals surface area contributed by atoms with E-state index < -0.39 is 40.2 Å². The zero-order valence-corrected chi connectivity index (χ0v) is 33.2. The maximum absolute atomic E-state index is 16.6. The summed E-state index contributed by atoms with van der Waals surface area (Å²) in [5, 5.41) is 0. The zero-order chi connectivity index (χ0) is 39.1. The molecular weight excluding hydrogens is 800 g/mol. The number of hydrogen-bond donors (Lipinski definition) is 0. The smallest absolute Gasteiger partial charge is 0.657 e. The second-order valence-corrected chi connectivity index (χ2v) is 13.9. The molecule has 0 unspecified atom stereocenters. The summed E-state index contributed by atoms with van der Waals surface area (Å²) >= 11 is 0. The van der Waals surface area contributed by atoms with E-state index in [1.54, 1.807) is 48.5 Å². The van der Waals surface area contributed by atoms with Gasteiger partial charge >= 0.3 is 37.2 Å². The Morgan fingerprint density at radius 2 is 0.828 bits per heavy atom. The van der Waals surface area contributed by atoms with Gasteiger partial charge in [-0.1, -0.05) is 140 Å². The van der Waals surface area contributed by atoms with Crippen LogP contribution in [0, 0.1) is 0 Å². The minimum Gasteiger partial charge on any atom is -0.657 e. The molecule has 0 N–H and O–H groups in total. The number of hydrogen-bond acceptors (Lipinski definition) is 2. The van der Waals surface area contributed by atoms with Crippen LogP contribution in [0.4, 0.5) is 26.3 Å². The summed E-state index contributed by atoms with van der Waals surface area (Å²) < 4.78 is 97.7. The SMILES string of the molecule is FC1(F)C2=Cc3nc2c(c2ccc([n-]2)c(-c2ccccc2)c2nc(c(-c4ccccc4)c4ccc([n-]4)c3-c3ccccc3)C=C2)-c2ccccc2C(F)(F)C1(F)F.[Zn+2]. The van der Waals surface area contributed by atoms with Crippen LogP contribution in [0.3, 0.4) is 0 Å². The van der Waals surface area contributed by atoms with E-state index in [2.05, 4.69) is 0 Å². The molecule has 11 heteroatoms. The Labute approximate surface area is 340 Å². The van der Waals surface area contributed by atoms with Gasteiger partial charge in [-0.2, -0.15) is 26.3 Å². The second kappa shape index (κ2) is 13.7. The first-order valence-electron chi connectivity index (χ1n) is 18.0. The fourth-order valence-corrected chi connectivity index (χ4v) is 7.89. The largest absolute Gasteiger partial charge is 2.00 e. The first-order chi connectivity index (χ1) is 27.5. The molecule has 3 aromatic heterocycles. The molecule has 2 aliphatic heterocycles. The Morgan fingerprint density at radius 1 is 0.414 bits per heavy atom. The van der Waals surface area contributed by atoms with Gasteiger partial charge in [0, 0.05) is 5.56 Å². The Balaban J connectivity index is 0.00000436. The molecule has 1 aliphatic carbocycles. The van der Waals surface area contributed by atoms with Gasteiger partial charge in [-0.3, -0.25) is 0 Å². The summed E-state index contributed by atoms with van der Waals surface area (Å²) in [6.07, 6.45) is 4.53. The van der Waals surface area contributed by atoms with E-state index in [4.69, 9.17) is 19.9 Å². The third-order valence-electron chi connectivity index (χ3n) is 10.6. The zero-order valence-electron chi connectivity index (χ0n) is 30.3. The summed E-state index contributed by atoms with van der Waals surface area (Å²) in [5.41, 5.74) is 1.73. The first kappa shape index (κ1) is 37.3. The molecule has 0 radical (unpaired) electrons. The summed E-state index contributed by atoms with van der Waals surface area (Å²) in [4.78, 5) is 19.8. The van der Waals surface area contributed by atoms with Crippen LogP contribution in [0.5, 0.6) is 0 Å². The van der Waals surface area contributed by atoms with Crippen molar-refractivity contribution in [3.63, 3.8) is 0 Å². The summed E-state index contributed by atoms with van der Waals surface area (Å²) in [6.45, 7) is 0. The van der Waals surface area contributed by atoms with Crippen LogP contribution in [-0.2, 0) is 25.4 Å². The van der Waals surface area contributed by atoms with Crippen LogP contribution >= 0.6 is 0 Å². The average Bonchev–Trinajstić information content (AvgIpc) is 4.06. The first-order valence-corrected chi connectivity index (χ1v) is 18.0. The predicted molar refractivity (Wildman–Crippen MR) is 211 cm³/mol. The van der Waals surface area contributed by atoms with Crippen molar-refractivity contribution in [2.45, 2.75) is 17.8 Å². The maximum Gasteiger partial charge on any atom is 2.00 e. The molecule has 278 valence electrons. The molecule has 10 rings (SSSR count). The minimum atomic E-state index is -5.86. The molecule has 0 fully saturated rings. The molecular formula is C47H26F6N4Zn. The molecule has 0 saturated carbocycles. The number of rotatable bonds is 3. The molecule has 0 saturated heterocycles. The number of halogens is 6. The number of aromatic nitrogens is 4. The third kappa shape index (κ3) is 5.55. The second-order valence-electron chi connectivity index (χ2n) is 13.9. The van der Waals surface area contributed by atoms with Gasteiger partial charge in [0.15, 0.2) is 0 Å². The number of nitrogens with zero attached hydrogens (tertiary/aromatic N) is 4. The summed E-state index contributed by atoms with van der Waals surface area (Å²) in [5.74, 6) is -16.6. The monoisotopic (exact) mass is 824 g/mol. The van der Waals surface area contributed by atoms with Gasteiger partial charge in [-0.15, -0.1) is 22.1 Å². The Bertz CT molecular complexity index is 2990. The molecule has 0 atom stereocenters. The third-order valence-corrected chi connectivity index (χ3v) is 10.6. The van der Waals surface area contributed by atoms with Gasteiger partial charge in [0.1, 0.15) is 0 Å². The van der Waals surface area contributed by atoms with E-state index >= 15 is 26.3 Å². The molecule has 58 heavy (non-hydrogen) atoms. The Hall–Kier alpha value is -6.32. The maximum atomic E-state index is 16.6. The topological polar surface area (TPSA) is 54.0 Å². The van der Waals surface area contributed by atoms with E-state index in [-0.39, 0.29) is 41.8 Å². The van der Waals surface area contributed by atoms with Crippen LogP contribution in [0.25, 0.3) is 90.4 Å².